The minimum atomic E-state index is -0.00852. The van der Waals surface area contributed by atoms with Crippen LogP contribution in [-0.4, -0.2) is 23.4 Å². The molecule has 19 heavy (non-hydrogen) atoms. The molecule has 0 spiro atoms. The van der Waals surface area contributed by atoms with Gasteiger partial charge < -0.3 is 16.4 Å². The van der Waals surface area contributed by atoms with E-state index in [9.17, 15) is 4.79 Å². The van der Waals surface area contributed by atoms with Crippen molar-refractivity contribution in [2.75, 3.05) is 18.0 Å². The third-order valence-electron chi connectivity index (χ3n) is 3.58. The Kier molecular flexibility index (Phi) is 4.10. The van der Waals surface area contributed by atoms with E-state index in [1.54, 1.807) is 24.3 Å². The standard InChI is InChI=1S/C15H21N3O/c1-2-7-18(14-5-3-4-6-14)15(19)11-8-12(16)10-13(17)9-11/h2,8-10,14H,1,3-7,16-17H2. The molecule has 0 atom stereocenters. The highest BCUT2D eigenvalue weighted by Crippen LogP contribution is 2.25. The van der Waals surface area contributed by atoms with Gasteiger partial charge in [-0.15, -0.1) is 6.58 Å². The van der Waals surface area contributed by atoms with Crippen LogP contribution < -0.4 is 11.5 Å². The number of hydrogen-bond donors (Lipinski definition) is 2. The zero-order chi connectivity index (χ0) is 13.8. The molecule has 1 aliphatic rings. The molecule has 0 aromatic heterocycles. The van der Waals surface area contributed by atoms with E-state index in [1.807, 2.05) is 4.90 Å². The van der Waals surface area contributed by atoms with E-state index in [2.05, 4.69) is 6.58 Å². The summed E-state index contributed by atoms with van der Waals surface area (Å²) in [6.07, 6.45) is 6.27. The first-order valence-corrected chi connectivity index (χ1v) is 6.69. The molecule has 0 unspecified atom stereocenters. The van der Waals surface area contributed by atoms with Crippen molar-refractivity contribution in [1.29, 1.82) is 0 Å². The summed E-state index contributed by atoms with van der Waals surface area (Å²) in [6.45, 7) is 4.31. The Hall–Kier alpha value is -1.97. The second-order valence-electron chi connectivity index (χ2n) is 5.07. The molecule has 4 N–H and O–H groups in total. The normalized spacial score (nSPS) is 15.4. The summed E-state index contributed by atoms with van der Waals surface area (Å²) >= 11 is 0. The fraction of sp³-hybridized carbons (Fsp3) is 0.400. The number of anilines is 2. The zero-order valence-corrected chi connectivity index (χ0v) is 11.1. The highest BCUT2D eigenvalue weighted by molar-refractivity contribution is 5.96. The van der Waals surface area contributed by atoms with Crippen molar-refractivity contribution in [1.82, 2.24) is 4.90 Å². The van der Waals surface area contributed by atoms with Gasteiger partial charge in [-0.25, -0.2) is 0 Å². The van der Waals surface area contributed by atoms with Crippen LogP contribution in [0.25, 0.3) is 0 Å². The lowest BCUT2D eigenvalue weighted by atomic mass is 10.1. The Morgan fingerprint density at radius 3 is 2.37 bits per heavy atom. The van der Waals surface area contributed by atoms with Gasteiger partial charge >= 0.3 is 0 Å². The van der Waals surface area contributed by atoms with E-state index in [4.69, 9.17) is 11.5 Å². The SMILES string of the molecule is C=CCN(C(=O)c1cc(N)cc(N)c1)C1CCCC1. The number of amides is 1. The van der Waals surface area contributed by atoms with Crippen LogP contribution in [0.4, 0.5) is 11.4 Å². The van der Waals surface area contributed by atoms with Gasteiger partial charge in [-0.05, 0) is 31.0 Å². The van der Waals surface area contributed by atoms with Crippen molar-refractivity contribution < 1.29 is 4.79 Å². The Balaban J connectivity index is 2.24. The molecule has 102 valence electrons. The van der Waals surface area contributed by atoms with Crippen molar-refractivity contribution in [3.05, 3.63) is 36.4 Å². The number of nitrogens with two attached hydrogens (primary N) is 2. The van der Waals surface area contributed by atoms with Gasteiger partial charge in [0.2, 0.25) is 0 Å². The van der Waals surface area contributed by atoms with Crippen LogP contribution >= 0.6 is 0 Å². The second kappa shape index (κ2) is 5.78. The van der Waals surface area contributed by atoms with E-state index in [0.29, 0.717) is 29.5 Å². The third-order valence-corrected chi connectivity index (χ3v) is 3.58. The predicted octanol–water partition coefficient (Wildman–Crippen LogP) is 2.42. The first kappa shape index (κ1) is 13.5. The number of hydrogen-bond acceptors (Lipinski definition) is 3. The Morgan fingerprint density at radius 1 is 1.26 bits per heavy atom. The molecule has 0 bridgehead atoms. The summed E-state index contributed by atoms with van der Waals surface area (Å²) in [5.74, 6) is -0.00852. The summed E-state index contributed by atoms with van der Waals surface area (Å²) in [5, 5.41) is 0. The molecule has 1 fully saturated rings. The molecular formula is C15H21N3O. The van der Waals surface area contributed by atoms with Gasteiger partial charge in [-0.2, -0.15) is 0 Å². The summed E-state index contributed by atoms with van der Waals surface area (Å²) < 4.78 is 0. The Morgan fingerprint density at radius 2 is 1.84 bits per heavy atom. The van der Waals surface area contributed by atoms with Gasteiger partial charge in [0.1, 0.15) is 0 Å². The van der Waals surface area contributed by atoms with Crippen molar-refractivity contribution in [2.45, 2.75) is 31.7 Å². The number of benzene rings is 1. The first-order valence-electron chi connectivity index (χ1n) is 6.69. The van der Waals surface area contributed by atoms with E-state index < -0.39 is 0 Å². The van der Waals surface area contributed by atoms with Crippen molar-refractivity contribution in [2.24, 2.45) is 0 Å². The average molecular weight is 259 g/mol. The van der Waals surface area contributed by atoms with Crippen molar-refractivity contribution in [3.63, 3.8) is 0 Å². The molecule has 4 nitrogen and oxygen atoms in total. The molecule has 2 rings (SSSR count). The fourth-order valence-electron chi connectivity index (χ4n) is 2.72. The quantitative estimate of drug-likeness (QED) is 0.644. The molecule has 0 heterocycles. The number of carbonyl (C=O) groups excluding carboxylic acids is 1. The third kappa shape index (κ3) is 3.08. The van der Waals surface area contributed by atoms with Gasteiger partial charge in [0.25, 0.3) is 5.91 Å². The lowest BCUT2D eigenvalue weighted by molar-refractivity contribution is 0.0706. The number of nitrogens with zero attached hydrogens (tertiary/aromatic N) is 1. The van der Waals surface area contributed by atoms with E-state index >= 15 is 0 Å². The minimum Gasteiger partial charge on any atom is -0.399 e. The van der Waals surface area contributed by atoms with Crippen molar-refractivity contribution >= 4 is 17.3 Å². The summed E-state index contributed by atoms with van der Waals surface area (Å²) in [4.78, 5) is 14.5. The molecule has 1 amide bonds. The van der Waals surface area contributed by atoms with E-state index in [-0.39, 0.29) is 5.91 Å². The molecule has 1 aliphatic carbocycles. The smallest absolute Gasteiger partial charge is 0.254 e. The number of carbonyl (C=O) groups is 1. The molecule has 1 saturated carbocycles. The lowest BCUT2D eigenvalue weighted by Gasteiger charge is -2.28. The summed E-state index contributed by atoms with van der Waals surface area (Å²) in [5.41, 5.74) is 13.1. The van der Waals surface area contributed by atoms with Crippen LogP contribution in [0.5, 0.6) is 0 Å². The fourth-order valence-corrected chi connectivity index (χ4v) is 2.72. The zero-order valence-electron chi connectivity index (χ0n) is 11.1. The van der Waals surface area contributed by atoms with Crippen molar-refractivity contribution in [3.8, 4) is 0 Å². The monoisotopic (exact) mass is 259 g/mol. The van der Waals surface area contributed by atoms with E-state index in [1.165, 1.54) is 12.8 Å². The highest BCUT2D eigenvalue weighted by atomic mass is 16.2. The Labute approximate surface area is 114 Å². The maximum atomic E-state index is 12.6. The second-order valence-corrected chi connectivity index (χ2v) is 5.07. The van der Waals surface area contributed by atoms with Crippen LogP contribution in [0.3, 0.4) is 0 Å². The highest BCUT2D eigenvalue weighted by Gasteiger charge is 2.26. The van der Waals surface area contributed by atoms with Crippen LogP contribution in [-0.2, 0) is 0 Å². The molecule has 1 aromatic carbocycles. The van der Waals surface area contributed by atoms with Gasteiger partial charge in [-0.1, -0.05) is 18.9 Å². The van der Waals surface area contributed by atoms with E-state index in [0.717, 1.165) is 12.8 Å². The maximum Gasteiger partial charge on any atom is 0.254 e. The maximum absolute atomic E-state index is 12.6. The molecular weight excluding hydrogens is 238 g/mol. The molecule has 1 aromatic rings. The molecule has 0 saturated heterocycles. The minimum absolute atomic E-state index is 0.00852. The van der Waals surface area contributed by atoms with Crippen LogP contribution in [0.15, 0.2) is 30.9 Å². The summed E-state index contributed by atoms with van der Waals surface area (Å²) in [6, 6.07) is 5.34. The molecule has 0 aliphatic heterocycles. The number of rotatable bonds is 4. The van der Waals surface area contributed by atoms with Crippen LogP contribution in [0.1, 0.15) is 36.0 Å². The Bertz CT molecular complexity index is 458. The first-order chi connectivity index (χ1) is 9.11. The van der Waals surface area contributed by atoms with Crippen LogP contribution in [0, 0.1) is 0 Å². The average Bonchev–Trinajstić information content (AvgIpc) is 2.87. The van der Waals surface area contributed by atoms with Gasteiger partial charge in [0.05, 0.1) is 0 Å². The number of nitrogen functional groups attached to an aromatic ring is 2. The topological polar surface area (TPSA) is 72.3 Å². The summed E-state index contributed by atoms with van der Waals surface area (Å²) in [7, 11) is 0. The van der Waals surface area contributed by atoms with Gasteiger partial charge in [-0.3, -0.25) is 4.79 Å². The van der Waals surface area contributed by atoms with Gasteiger partial charge in [0.15, 0.2) is 0 Å². The molecule has 4 heteroatoms. The predicted molar refractivity (Wildman–Crippen MR) is 78.8 cm³/mol. The van der Waals surface area contributed by atoms with Crippen LogP contribution in [0.2, 0.25) is 0 Å². The molecule has 0 radical (unpaired) electrons. The van der Waals surface area contributed by atoms with Gasteiger partial charge in [0, 0.05) is 29.5 Å². The lowest BCUT2D eigenvalue weighted by Crippen LogP contribution is -2.39. The largest absolute Gasteiger partial charge is 0.399 e.